The summed E-state index contributed by atoms with van der Waals surface area (Å²) in [5.41, 5.74) is 1.20. The Morgan fingerprint density at radius 1 is 1.14 bits per heavy atom. The first kappa shape index (κ1) is 19.3. The molecule has 0 radical (unpaired) electrons. The van der Waals surface area contributed by atoms with Gasteiger partial charge in [0, 0.05) is 4.88 Å². The molecular weight excluding hydrogens is 396 g/mol. The number of imide groups is 1. The van der Waals surface area contributed by atoms with Crippen molar-refractivity contribution in [2.45, 2.75) is 31.8 Å². The van der Waals surface area contributed by atoms with Crippen LogP contribution >= 0.6 is 11.3 Å². The predicted octanol–water partition coefficient (Wildman–Crippen LogP) is 2.90. The third kappa shape index (κ3) is 3.91. The third-order valence-corrected chi connectivity index (χ3v) is 6.04. The lowest BCUT2D eigenvalue weighted by Gasteiger charge is -2.25. The van der Waals surface area contributed by atoms with Crippen LogP contribution in [0.5, 0.6) is 11.5 Å². The Kier molecular flexibility index (Phi) is 5.39. The average molecular weight is 416 g/mol. The number of benzene rings is 1. The van der Waals surface area contributed by atoms with Gasteiger partial charge in [0.25, 0.3) is 11.8 Å². The molecule has 2 aromatic rings. The average Bonchev–Trinajstić information content (AvgIpc) is 3.11. The quantitative estimate of drug-likeness (QED) is 0.798. The van der Waals surface area contributed by atoms with E-state index in [-0.39, 0.29) is 6.61 Å². The van der Waals surface area contributed by atoms with Gasteiger partial charge in [-0.25, -0.2) is 4.79 Å². The fraction of sp³-hybridized carbons (Fsp3) is 0.350. The highest BCUT2D eigenvalue weighted by molar-refractivity contribution is 7.17. The lowest BCUT2D eigenvalue weighted by Crippen LogP contribution is -2.40. The highest BCUT2D eigenvalue weighted by atomic mass is 32.1. The second-order valence-corrected chi connectivity index (χ2v) is 7.82. The normalized spacial score (nSPS) is 17.1. The van der Waals surface area contributed by atoms with Gasteiger partial charge in [-0.2, -0.15) is 0 Å². The molecule has 0 saturated carbocycles. The number of carbonyl (C=O) groups is 3. The summed E-state index contributed by atoms with van der Waals surface area (Å²) in [4.78, 5) is 38.0. The number of para-hydroxylation sites is 2. The zero-order valence-corrected chi connectivity index (χ0v) is 16.6. The van der Waals surface area contributed by atoms with Crippen molar-refractivity contribution in [3.8, 4) is 11.5 Å². The lowest BCUT2D eigenvalue weighted by molar-refractivity contribution is -0.125. The first-order chi connectivity index (χ1) is 14.1. The van der Waals surface area contributed by atoms with Crippen molar-refractivity contribution in [2.75, 3.05) is 19.0 Å². The molecule has 0 bridgehead atoms. The molecule has 0 unspecified atom stereocenters. The van der Waals surface area contributed by atoms with Gasteiger partial charge in [-0.3, -0.25) is 14.9 Å². The van der Waals surface area contributed by atoms with E-state index in [4.69, 9.17) is 9.47 Å². The number of aryl methyl sites for hydroxylation is 1. The third-order valence-electron chi connectivity index (χ3n) is 4.84. The van der Waals surface area contributed by atoms with Gasteiger partial charge >= 0.3 is 6.09 Å². The van der Waals surface area contributed by atoms with E-state index in [1.54, 1.807) is 18.2 Å². The predicted molar refractivity (Wildman–Crippen MR) is 106 cm³/mol. The summed E-state index contributed by atoms with van der Waals surface area (Å²) in [6.45, 7) is 0.0671. The Balaban J connectivity index is 1.56. The van der Waals surface area contributed by atoms with E-state index >= 15 is 0 Å². The fourth-order valence-corrected chi connectivity index (χ4v) is 4.73. The maximum absolute atomic E-state index is 12.8. The maximum Gasteiger partial charge on any atom is 0.413 e. The molecule has 29 heavy (non-hydrogen) atoms. The molecule has 1 aliphatic heterocycles. The molecule has 1 atom stereocenters. The zero-order valence-electron chi connectivity index (χ0n) is 15.8. The number of anilines is 1. The number of ether oxygens (including phenoxy) is 3. The van der Waals surface area contributed by atoms with Crippen molar-refractivity contribution in [1.82, 2.24) is 5.32 Å². The minimum Gasteiger partial charge on any atom is -0.485 e. The molecule has 3 amide bonds. The van der Waals surface area contributed by atoms with Crippen LogP contribution in [-0.2, 0) is 22.4 Å². The van der Waals surface area contributed by atoms with Crippen LogP contribution in [0.15, 0.2) is 24.3 Å². The summed E-state index contributed by atoms with van der Waals surface area (Å²) in [6, 6.07) is 7.12. The molecule has 0 fully saturated rings. The molecule has 4 rings (SSSR count). The first-order valence-electron chi connectivity index (χ1n) is 9.30. The van der Waals surface area contributed by atoms with Crippen LogP contribution in [0.4, 0.5) is 9.80 Å². The Hall–Kier alpha value is -3.07. The number of carbonyl (C=O) groups excluding carboxylic acids is 3. The summed E-state index contributed by atoms with van der Waals surface area (Å²) in [5.74, 6) is 0.0808. The molecule has 1 aromatic carbocycles. The van der Waals surface area contributed by atoms with Crippen LogP contribution in [-0.4, -0.2) is 37.7 Å². The Labute approximate surface area is 171 Å². The van der Waals surface area contributed by atoms with Gasteiger partial charge in [0.1, 0.15) is 11.6 Å². The maximum atomic E-state index is 12.8. The fourth-order valence-electron chi connectivity index (χ4n) is 3.44. The van der Waals surface area contributed by atoms with Crippen molar-refractivity contribution in [3.05, 3.63) is 40.3 Å². The van der Waals surface area contributed by atoms with E-state index in [9.17, 15) is 14.4 Å². The molecule has 0 spiro atoms. The summed E-state index contributed by atoms with van der Waals surface area (Å²) in [7, 11) is 1.19. The van der Waals surface area contributed by atoms with Crippen molar-refractivity contribution in [3.63, 3.8) is 0 Å². The van der Waals surface area contributed by atoms with Gasteiger partial charge in [-0.15, -0.1) is 11.3 Å². The zero-order chi connectivity index (χ0) is 20.4. The molecule has 152 valence electrons. The van der Waals surface area contributed by atoms with Crippen LogP contribution in [0.25, 0.3) is 0 Å². The lowest BCUT2D eigenvalue weighted by atomic mass is 9.95. The molecule has 8 nitrogen and oxygen atoms in total. The summed E-state index contributed by atoms with van der Waals surface area (Å²) in [6.07, 6.45) is 1.85. The van der Waals surface area contributed by atoms with Crippen molar-refractivity contribution in [2.24, 2.45) is 0 Å². The second-order valence-electron chi connectivity index (χ2n) is 6.71. The molecule has 2 heterocycles. The van der Waals surface area contributed by atoms with Gasteiger partial charge in [-0.05, 0) is 43.4 Å². The summed E-state index contributed by atoms with van der Waals surface area (Å²) < 4.78 is 15.9. The number of hydrogen-bond donors (Lipinski definition) is 2. The van der Waals surface area contributed by atoms with Crippen LogP contribution in [0.3, 0.4) is 0 Å². The number of methoxy groups -OCH3 is 1. The highest BCUT2D eigenvalue weighted by Gasteiger charge is 2.31. The van der Waals surface area contributed by atoms with Gasteiger partial charge in [0.15, 0.2) is 11.5 Å². The van der Waals surface area contributed by atoms with E-state index in [1.165, 1.54) is 18.4 Å². The topological polar surface area (TPSA) is 103 Å². The molecule has 1 aromatic heterocycles. The first-order valence-corrected chi connectivity index (χ1v) is 10.1. The second kappa shape index (κ2) is 8.12. The van der Waals surface area contributed by atoms with Crippen LogP contribution < -0.4 is 20.1 Å². The van der Waals surface area contributed by atoms with Gasteiger partial charge in [-0.1, -0.05) is 12.1 Å². The molecule has 2 N–H and O–H groups in total. The van der Waals surface area contributed by atoms with E-state index < -0.39 is 24.0 Å². The van der Waals surface area contributed by atoms with Crippen LogP contribution in [0, 0.1) is 0 Å². The van der Waals surface area contributed by atoms with Gasteiger partial charge < -0.3 is 19.5 Å². The van der Waals surface area contributed by atoms with Crippen molar-refractivity contribution < 1.29 is 28.6 Å². The Morgan fingerprint density at radius 3 is 2.69 bits per heavy atom. The minimum absolute atomic E-state index is 0.0671. The Morgan fingerprint density at radius 2 is 1.90 bits per heavy atom. The van der Waals surface area contributed by atoms with Crippen molar-refractivity contribution >= 4 is 34.2 Å². The number of amides is 3. The van der Waals surface area contributed by atoms with E-state index in [0.29, 0.717) is 22.1 Å². The molecule has 1 aliphatic carbocycles. The van der Waals surface area contributed by atoms with E-state index in [1.807, 2.05) is 6.07 Å². The summed E-state index contributed by atoms with van der Waals surface area (Å²) >= 11 is 1.36. The number of nitrogens with one attached hydrogen (secondary N) is 2. The molecule has 9 heteroatoms. The smallest absolute Gasteiger partial charge is 0.413 e. The SMILES string of the molecule is COC(=O)NC(=O)c1c(NC(=O)[C@@H]2COc3ccccc3O2)sc2c1CCCC2. The highest BCUT2D eigenvalue weighted by Crippen LogP contribution is 2.38. The monoisotopic (exact) mass is 416 g/mol. The van der Waals surface area contributed by atoms with E-state index in [0.717, 1.165) is 36.1 Å². The van der Waals surface area contributed by atoms with Gasteiger partial charge in [0.2, 0.25) is 6.10 Å². The standard InChI is InChI=1S/C20H20N2O6S/c1-26-20(25)22-18(24)16-11-6-2-5-9-15(11)29-19(16)21-17(23)14-10-27-12-7-3-4-8-13(12)28-14/h3-4,7-8,14H,2,5-6,9-10H2,1H3,(H,21,23)(H,22,24,25)/t14-/m0/s1. The van der Waals surface area contributed by atoms with Crippen molar-refractivity contribution in [1.29, 1.82) is 0 Å². The molecule has 0 saturated heterocycles. The summed E-state index contributed by atoms with van der Waals surface area (Å²) in [5, 5.41) is 5.40. The van der Waals surface area contributed by atoms with Crippen LogP contribution in [0.1, 0.15) is 33.6 Å². The minimum atomic E-state index is -0.847. The number of rotatable bonds is 3. The number of thiophene rings is 1. The Bertz CT molecular complexity index is 970. The van der Waals surface area contributed by atoms with Gasteiger partial charge in [0.05, 0.1) is 12.7 Å². The number of fused-ring (bicyclic) bond motifs is 2. The van der Waals surface area contributed by atoms with Crippen LogP contribution in [0.2, 0.25) is 0 Å². The van der Waals surface area contributed by atoms with E-state index in [2.05, 4.69) is 15.4 Å². The molecular formula is C20H20N2O6S. The number of hydrogen-bond acceptors (Lipinski definition) is 7. The molecule has 2 aliphatic rings. The largest absolute Gasteiger partial charge is 0.485 e. The number of alkyl carbamates (subject to hydrolysis) is 1.